The van der Waals surface area contributed by atoms with E-state index in [1.165, 1.54) is 11.3 Å². The lowest BCUT2D eigenvalue weighted by Crippen LogP contribution is -2.39. The first-order chi connectivity index (χ1) is 6.34. The van der Waals surface area contributed by atoms with E-state index in [0.717, 1.165) is 5.56 Å². The minimum Gasteiger partial charge on any atom is -0.266 e. The van der Waals surface area contributed by atoms with Gasteiger partial charge in [0.1, 0.15) is 0 Å². The minimum atomic E-state index is -0.784. The molecule has 1 rings (SSSR count). The molecule has 0 fully saturated rings. The number of rotatable bonds is 1. The van der Waals surface area contributed by atoms with Crippen molar-refractivity contribution in [2.75, 3.05) is 0 Å². The van der Waals surface area contributed by atoms with Gasteiger partial charge in [-0.2, -0.15) is 5.12 Å². The zero-order valence-electron chi connectivity index (χ0n) is 8.80. The fourth-order valence-corrected chi connectivity index (χ4v) is 1.83. The first-order valence-electron chi connectivity index (χ1n) is 4.38. The summed E-state index contributed by atoms with van der Waals surface area (Å²) in [5.41, 5.74) is 0.0416. The Kier molecular flexibility index (Phi) is 2.95. The highest BCUT2D eigenvalue weighted by molar-refractivity contribution is 7.12. The summed E-state index contributed by atoms with van der Waals surface area (Å²) in [6, 6.07) is 1.81. The SMILES string of the molecule is Cc1ccsc1C(=O)N(F)C(C)(C)C. The molecule has 0 aromatic carbocycles. The van der Waals surface area contributed by atoms with Crippen molar-refractivity contribution in [1.82, 2.24) is 5.12 Å². The lowest BCUT2D eigenvalue weighted by atomic mass is 10.1. The topological polar surface area (TPSA) is 20.3 Å². The Morgan fingerprint density at radius 1 is 1.50 bits per heavy atom. The molecule has 1 aromatic rings. The molecule has 1 heterocycles. The van der Waals surface area contributed by atoms with Crippen LogP contribution in [-0.4, -0.2) is 16.6 Å². The van der Waals surface area contributed by atoms with Gasteiger partial charge < -0.3 is 0 Å². The van der Waals surface area contributed by atoms with E-state index in [1.54, 1.807) is 33.1 Å². The quantitative estimate of drug-likeness (QED) is 0.659. The molecule has 1 amide bonds. The fourth-order valence-electron chi connectivity index (χ4n) is 0.986. The van der Waals surface area contributed by atoms with Gasteiger partial charge in [0.05, 0.1) is 10.4 Å². The van der Waals surface area contributed by atoms with Gasteiger partial charge >= 0.3 is 0 Å². The molecule has 0 unspecified atom stereocenters. The highest BCUT2D eigenvalue weighted by Crippen LogP contribution is 2.23. The summed E-state index contributed by atoms with van der Waals surface area (Å²) in [5.74, 6) is -0.551. The van der Waals surface area contributed by atoms with E-state index in [2.05, 4.69) is 0 Å². The summed E-state index contributed by atoms with van der Waals surface area (Å²) in [4.78, 5) is 12.1. The first-order valence-corrected chi connectivity index (χ1v) is 5.26. The molecule has 0 spiro atoms. The highest BCUT2D eigenvalue weighted by atomic mass is 32.1. The molecular formula is C10H14FNOS. The van der Waals surface area contributed by atoms with Crippen LogP contribution in [0.25, 0.3) is 0 Å². The summed E-state index contributed by atoms with van der Waals surface area (Å²) in [6.07, 6.45) is 0. The second kappa shape index (κ2) is 3.69. The van der Waals surface area contributed by atoms with E-state index >= 15 is 0 Å². The number of thiophene rings is 1. The minimum absolute atomic E-state index is 0.284. The molecule has 78 valence electrons. The van der Waals surface area contributed by atoms with Gasteiger partial charge in [-0.3, -0.25) is 4.79 Å². The van der Waals surface area contributed by atoms with Crippen LogP contribution in [0.5, 0.6) is 0 Å². The van der Waals surface area contributed by atoms with Crippen molar-refractivity contribution in [2.24, 2.45) is 0 Å². The van der Waals surface area contributed by atoms with Crippen molar-refractivity contribution in [3.8, 4) is 0 Å². The fraction of sp³-hybridized carbons (Fsp3) is 0.500. The third-order valence-corrected chi connectivity index (χ3v) is 2.83. The Balaban J connectivity index is 2.92. The molecule has 0 radical (unpaired) electrons. The van der Waals surface area contributed by atoms with Crippen LogP contribution in [0.4, 0.5) is 4.48 Å². The van der Waals surface area contributed by atoms with Crippen molar-refractivity contribution < 1.29 is 9.28 Å². The van der Waals surface area contributed by atoms with E-state index in [1.807, 2.05) is 6.07 Å². The van der Waals surface area contributed by atoms with E-state index in [-0.39, 0.29) is 5.12 Å². The number of amides is 1. The van der Waals surface area contributed by atoms with Crippen molar-refractivity contribution in [1.29, 1.82) is 0 Å². The number of carbonyl (C=O) groups is 1. The van der Waals surface area contributed by atoms with Gasteiger partial charge in [0.25, 0.3) is 5.91 Å². The number of halogens is 1. The van der Waals surface area contributed by atoms with E-state index in [9.17, 15) is 9.28 Å². The summed E-state index contributed by atoms with van der Waals surface area (Å²) in [5, 5.41) is 2.07. The zero-order chi connectivity index (χ0) is 10.9. The molecule has 0 saturated heterocycles. The molecule has 0 saturated carbocycles. The van der Waals surface area contributed by atoms with Gasteiger partial charge in [0.15, 0.2) is 0 Å². The number of hydrogen-bond acceptors (Lipinski definition) is 2. The Labute approximate surface area is 87.3 Å². The number of carbonyl (C=O) groups excluding carboxylic acids is 1. The van der Waals surface area contributed by atoms with Crippen molar-refractivity contribution >= 4 is 17.2 Å². The van der Waals surface area contributed by atoms with Crippen LogP contribution in [-0.2, 0) is 0 Å². The van der Waals surface area contributed by atoms with E-state index < -0.39 is 11.4 Å². The lowest BCUT2D eigenvalue weighted by Gasteiger charge is -2.26. The maximum absolute atomic E-state index is 13.5. The van der Waals surface area contributed by atoms with Crippen LogP contribution in [0.1, 0.15) is 36.0 Å². The van der Waals surface area contributed by atoms with E-state index in [4.69, 9.17) is 0 Å². The molecule has 4 heteroatoms. The zero-order valence-corrected chi connectivity index (χ0v) is 9.61. The van der Waals surface area contributed by atoms with Gasteiger partial charge in [-0.15, -0.1) is 11.3 Å². The van der Waals surface area contributed by atoms with Crippen LogP contribution >= 0.6 is 11.3 Å². The molecular weight excluding hydrogens is 201 g/mol. The molecule has 0 bridgehead atoms. The van der Waals surface area contributed by atoms with Gasteiger partial charge in [0.2, 0.25) is 0 Å². The smallest absolute Gasteiger partial charge is 0.266 e. The Morgan fingerprint density at radius 2 is 2.07 bits per heavy atom. The predicted molar refractivity (Wildman–Crippen MR) is 56.1 cm³/mol. The largest absolute Gasteiger partial charge is 0.292 e. The second-order valence-corrected chi connectivity index (χ2v) is 5.11. The molecule has 0 aliphatic rings. The molecule has 0 aliphatic heterocycles. The van der Waals surface area contributed by atoms with Gasteiger partial charge in [-0.25, -0.2) is 0 Å². The molecule has 0 N–H and O–H groups in total. The van der Waals surface area contributed by atoms with Crippen LogP contribution in [0, 0.1) is 6.92 Å². The van der Waals surface area contributed by atoms with Crippen molar-refractivity contribution in [2.45, 2.75) is 33.2 Å². The van der Waals surface area contributed by atoms with E-state index in [0.29, 0.717) is 4.88 Å². The Hall–Kier alpha value is -0.900. The summed E-state index contributed by atoms with van der Waals surface area (Å²) < 4.78 is 13.5. The normalized spacial score (nSPS) is 11.5. The van der Waals surface area contributed by atoms with Crippen LogP contribution in [0.15, 0.2) is 11.4 Å². The molecule has 0 aliphatic carbocycles. The Morgan fingerprint density at radius 3 is 2.43 bits per heavy atom. The standard InChI is InChI=1S/C10H14FNOS/c1-7-5-6-14-8(7)9(13)12(11)10(2,3)4/h5-6H,1-4H3. The molecule has 14 heavy (non-hydrogen) atoms. The average Bonchev–Trinajstić information content (AvgIpc) is 2.47. The van der Waals surface area contributed by atoms with Crippen molar-refractivity contribution in [3.63, 3.8) is 0 Å². The number of aryl methyl sites for hydroxylation is 1. The summed E-state index contributed by atoms with van der Waals surface area (Å²) >= 11 is 1.27. The van der Waals surface area contributed by atoms with Crippen LogP contribution < -0.4 is 0 Å². The maximum Gasteiger partial charge on any atom is 0.292 e. The van der Waals surface area contributed by atoms with Gasteiger partial charge in [-0.05, 0) is 44.7 Å². The first kappa shape index (κ1) is 11.2. The number of hydrogen-bond donors (Lipinski definition) is 0. The highest BCUT2D eigenvalue weighted by Gasteiger charge is 2.29. The summed E-state index contributed by atoms with van der Waals surface area (Å²) in [7, 11) is 0. The van der Waals surface area contributed by atoms with Crippen LogP contribution in [0.3, 0.4) is 0 Å². The monoisotopic (exact) mass is 215 g/mol. The third-order valence-electron chi connectivity index (χ3n) is 1.82. The van der Waals surface area contributed by atoms with Gasteiger partial charge in [0, 0.05) is 0 Å². The maximum atomic E-state index is 13.5. The Bertz CT molecular complexity index is 340. The molecule has 2 nitrogen and oxygen atoms in total. The second-order valence-electron chi connectivity index (χ2n) is 4.19. The lowest BCUT2D eigenvalue weighted by molar-refractivity contribution is -0.0318. The average molecular weight is 215 g/mol. The third kappa shape index (κ3) is 2.12. The van der Waals surface area contributed by atoms with Gasteiger partial charge in [-0.1, -0.05) is 4.48 Å². The van der Waals surface area contributed by atoms with Crippen molar-refractivity contribution in [3.05, 3.63) is 21.9 Å². The molecule has 1 aromatic heterocycles. The molecule has 0 atom stereocenters. The number of nitrogens with zero attached hydrogens (tertiary/aromatic N) is 1. The van der Waals surface area contributed by atoms with Crippen LogP contribution in [0.2, 0.25) is 0 Å². The predicted octanol–water partition coefficient (Wildman–Crippen LogP) is 3.18. The summed E-state index contributed by atoms with van der Waals surface area (Å²) in [6.45, 7) is 6.79.